The molecule has 0 unspecified atom stereocenters. The number of methoxy groups -OCH3 is 1. The molecule has 5 aromatic heterocycles. The second-order valence-corrected chi connectivity index (χ2v) is 7.45. The van der Waals surface area contributed by atoms with Crippen LogP contribution in [-0.4, -0.2) is 42.2 Å². The number of rotatable bonds is 4. The number of hydrogen-bond acceptors (Lipinski definition) is 6. The molecular weight excluding hydrogens is 421 g/mol. The molecule has 0 aliphatic rings. The molecule has 0 spiro atoms. The van der Waals surface area contributed by atoms with Crippen molar-refractivity contribution < 1.29 is 9.13 Å². The highest BCUT2D eigenvalue weighted by molar-refractivity contribution is 5.96. The zero-order valence-electron chi connectivity index (χ0n) is 17.4. The molecule has 8 nitrogen and oxygen atoms in total. The normalized spacial score (nSPS) is 11.3. The molecule has 0 amide bonds. The van der Waals surface area contributed by atoms with E-state index in [4.69, 9.17) is 4.74 Å². The number of imidazole rings is 1. The van der Waals surface area contributed by atoms with E-state index in [9.17, 15) is 4.39 Å². The molecule has 2 N–H and O–H groups in total. The summed E-state index contributed by atoms with van der Waals surface area (Å²) in [6.07, 6.45) is 6.90. The van der Waals surface area contributed by atoms with Crippen LogP contribution >= 0.6 is 0 Å². The molecule has 0 radical (unpaired) electrons. The van der Waals surface area contributed by atoms with Crippen LogP contribution in [0.2, 0.25) is 0 Å². The minimum atomic E-state index is -0.386. The van der Waals surface area contributed by atoms with Crippen molar-refractivity contribution in [1.29, 1.82) is 0 Å². The summed E-state index contributed by atoms with van der Waals surface area (Å²) in [5.41, 5.74) is 5.81. The maximum Gasteiger partial charge on any atom is 0.181 e. The Morgan fingerprint density at radius 3 is 2.61 bits per heavy atom. The maximum atomic E-state index is 14.1. The lowest BCUT2D eigenvalue weighted by molar-refractivity contribution is 0.411. The minimum absolute atomic E-state index is 0.386. The van der Waals surface area contributed by atoms with Crippen LogP contribution in [0.25, 0.3) is 56.0 Å². The van der Waals surface area contributed by atoms with Gasteiger partial charge in [0, 0.05) is 42.0 Å². The van der Waals surface area contributed by atoms with E-state index >= 15 is 0 Å². The van der Waals surface area contributed by atoms with Crippen LogP contribution in [-0.2, 0) is 0 Å². The number of nitrogens with zero attached hydrogens (tertiary/aromatic N) is 5. The van der Waals surface area contributed by atoms with E-state index in [0.717, 1.165) is 22.1 Å². The molecule has 6 aromatic rings. The smallest absolute Gasteiger partial charge is 0.181 e. The third-order valence-electron chi connectivity index (χ3n) is 5.47. The number of benzene rings is 1. The van der Waals surface area contributed by atoms with Gasteiger partial charge in [0.1, 0.15) is 17.3 Å². The molecule has 0 fully saturated rings. The van der Waals surface area contributed by atoms with Gasteiger partial charge < -0.3 is 9.72 Å². The number of aromatic amines is 2. The van der Waals surface area contributed by atoms with Crippen molar-refractivity contribution in [3.63, 3.8) is 0 Å². The Morgan fingerprint density at radius 1 is 0.879 bits per heavy atom. The molecule has 0 saturated heterocycles. The molecule has 5 heterocycles. The average Bonchev–Trinajstić information content (AvgIpc) is 3.47. The molecule has 6 rings (SSSR count). The van der Waals surface area contributed by atoms with Crippen LogP contribution in [0.1, 0.15) is 0 Å². The standard InChI is InChI=1S/C24H16FN7O/c1-33-17-9-14(8-16(25)11-17)18-4-7-27-23-20(18)29-24(30-23)21-19-10-15(12-28-22(19)32-31-21)13-2-5-26-6-3-13/h2-12H,1H3,(H,27,29,30)(H,28,31,32). The van der Waals surface area contributed by atoms with E-state index in [1.165, 1.54) is 19.2 Å². The van der Waals surface area contributed by atoms with Gasteiger partial charge in [-0.2, -0.15) is 5.10 Å². The summed E-state index contributed by atoms with van der Waals surface area (Å²) in [6.45, 7) is 0. The van der Waals surface area contributed by atoms with Crippen molar-refractivity contribution in [2.75, 3.05) is 7.11 Å². The Hall–Kier alpha value is -4.66. The number of H-pyrrole nitrogens is 2. The maximum absolute atomic E-state index is 14.1. The van der Waals surface area contributed by atoms with E-state index in [2.05, 4.69) is 35.1 Å². The summed E-state index contributed by atoms with van der Waals surface area (Å²) in [4.78, 5) is 20.9. The number of aromatic nitrogens is 7. The van der Waals surface area contributed by atoms with Gasteiger partial charge in [-0.1, -0.05) is 0 Å². The first-order valence-corrected chi connectivity index (χ1v) is 10.1. The second kappa shape index (κ2) is 7.49. The first kappa shape index (κ1) is 19.1. The summed E-state index contributed by atoms with van der Waals surface area (Å²) in [6, 6.07) is 12.2. The molecule has 9 heteroatoms. The van der Waals surface area contributed by atoms with Crippen LogP contribution < -0.4 is 4.74 Å². The van der Waals surface area contributed by atoms with E-state index in [0.29, 0.717) is 39.6 Å². The van der Waals surface area contributed by atoms with E-state index in [-0.39, 0.29) is 5.82 Å². The Bertz CT molecular complexity index is 1620. The minimum Gasteiger partial charge on any atom is -0.497 e. The van der Waals surface area contributed by atoms with Crippen molar-refractivity contribution in [2.45, 2.75) is 0 Å². The van der Waals surface area contributed by atoms with Crippen molar-refractivity contribution in [2.24, 2.45) is 0 Å². The third kappa shape index (κ3) is 3.26. The lowest BCUT2D eigenvalue weighted by Crippen LogP contribution is -1.88. The van der Waals surface area contributed by atoms with Crippen molar-refractivity contribution in [3.8, 4) is 39.5 Å². The Balaban J connectivity index is 1.50. The van der Waals surface area contributed by atoms with Gasteiger partial charge in [-0.25, -0.2) is 19.3 Å². The zero-order valence-corrected chi connectivity index (χ0v) is 17.4. The lowest BCUT2D eigenvalue weighted by Gasteiger charge is -2.06. The molecule has 0 saturated carbocycles. The molecule has 0 atom stereocenters. The van der Waals surface area contributed by atoms with Crippen molar-refractivity contribution in [1.82, 2.24) is 35.1 Å². The number of fused-ring (bicyclic) bond motifs is 2. The fourth-order valence-electron chi connectivity index (χ4n) is 3.89. The van der Waals surface area contributed by atoms with E-state index < -0.39 is 0 Å². The van der Waals surface area contributed by atoms with Crippen molar-refractivity contribution >= 4 is 22.2 Å². The van der Waals surface area contributed by atoms with Gasteiger partial charge in [0.15, 0.2) is 17.1 Å². The monoisotopic (exact) mass is 437 g/mol. The molecule has 0 aliphatic carbocycles. The molecule has 160 valence electrons. The summed E-state index contributed by atoms with van der Waals surface area (Å²) in [5.74, 6) is 0.608. The lowest BCUT2D eigenvalue weighted by atomic mass is 10.1. The highest BCUT2D eigenvalue weighted by Gasteiger charge is 2.17. The Labute approximate surface area is 186 Å². The average molecular weight is 437 g/mol. The predicted molar refractivity (Wildman–Crippen MR) is 122 cm³/mol. The third-order valence-corrected chi connectivity index (χ3v) is 5.47. The Kier molecular flexibility index (Phi) is 4.32. The first-order chi connectivity index (χ1) is 16.2. The molecule has 0 bridgehead atoms. The first-order valence-electron chi connectivity index (χ1n) is 10.1. The topological polar surface area (TPSA) is 105 Å². The highest BCUT2D eigenvalue weighted by Crippen LogP contribution is 2.33. The summed E-state index contributed by atoms with van der Waals surface area (Å²) >= 11 is 0. The van der Waals surface area contributed by atoms with Gasteiger partial charge in [-0.3, -0.25) is 10.1 Å². The Morgan fingerprint density at radius 2 is 1.76 bits per heavy atom. The van der Waals surface area contributed by atoms with Gasteiger partial charge in [0.25, 0.3) is 0 Å². The van der Waals surface area contributed by atoms with Crippen molar-refractivity contribution in [3.05, 3.63) is 73.1 Å². The second-order valence-electron chi connectivity index (χ2n) is 7.45. The SMILES string of the molecule is COc1cc(F)cc(-c2ccnc3nc(-c4[nH]nc5ncc(-c6ccncc6)cc45)[nH]c23)c1. The quantitative estimate of drug-likeness (QED) is 0.411. The van der Waals surface area contributed by atoms with Crippen LogP contribution in [0.4, 0.5) is 4.39 Å². The van der Waals surface area contributed by atoms with Crippen LogP contribution in [0.15, 0.2) is 67.3 Å². The number of nitrogens with one attached hydrogen (secondary N) is 2. The fourth-order valence-corrected chi connectivity index (χ4v) is 3.89. The van der Waals surface area contributed by atoms with Crippen LogP contribution in [0.5, 0.6) is 5.75 Å². The summed E-state index contributed by atoms with van der Waals surface area (Å²) < 4.78 is 19.4. The number of halogens is 1. The van der Waals surface area contributed by atoms with Crippen LogP contribution in [0, 0.1) is 5.82 Å². The van der Waals surface area contributed by atoms with E-state index in [1.807, 2.05) is 24.3 Å². The summed E-state index contributed by atoms with van der Waals surface area (Å²) in [7, 11) is 1.51. The fraction of sp³-hybridized carbons (Fsp3) is 0.0417. The number of hydrogen-bond donors (Lipinski definition) is 2. The van der Waals surface area contributed by atoms with E-state index in [1.54, 1.807) is 30.9 Å². The molecular formula is C24H16FN7O. The zero-order chi connectivity index (χ0) is 22.4. The molecule has 0 aliphatic heterocycles. The van der Waals surface area contributed by atoms with Gasteiger partial charge in [-0.15, -0.1) is 0 Å². The van der Waals surface area contributed by atoms with Gasteiger partial charge in [0.2, 0.25) is 0 Å². The highest BCUT2D eigenvalue weighted by atomic mass is 19.1. The largest absolute Gasteiger partial charge is 0.497 e. The number of pyridine rings is 3. The predicted octanol–water partition coefficient (Wildman–Crippen LogP) is 4.77. The van der Waals surface area contributed by atoms with Crippen LogP contribution in [0.3, 0.4) is 0 Å². The van der Waals surface area contributed by atoms with Gasteiger partial charge in [0.05, 0.1) is 18.0 Å². The van der Waals surface area contributed by atoms with Gasteiger partial charge >= 0.3 is 0 Å². The number of ether oxygens (including phenoxy) is 1. The van der Waals surface area contributed by atoms with Gasteiger partial charge in [-0.05, 0) is 47.5 Å². The summed E-state index contributed by atoms with van der Waals surface area (Å²) in [5, 5.41) is 8.17. The molecule has 33 heavy (non-hydrogen) atoms. The molecule has 1 aromatic carbocycles.